The fourth-order valence-electron chi connectivity index (χ4n) is 1.05. The molecule has 1 aromatic rings. The minimum absolute atomic E-state index is 0.374. The Morgan fingerprint density at radius 1 is 1.00 bits per heavy atom. The van der Waals surface area contributed by atoms with Crippen LogP contribution < -0.4 is 0 Å². The van der Waals surface area contributed by atoms with Crippen molar-refractivity contribution < 1.29 is 26.7 Å². The van der Waals surface area contributed by atoms with Crippen molar-refractivity contribution >= 4 is 34.8 Å². The highest BCUT2D eigenvalue weighted by Crippen LogP contribution is 2.34. The molecule has 2 nitrogen and oxygen atoms in total. The normalized spacial score (nSPS) is 12.2. The molecule has 0 atom stereocenters. The van der Waals surface area contributed by atoms with Crippen molar-refractivity contribution in [2.75, 3.05) is 0 Å². The fraction of sp³-hybridized carbons (Fsp3) is 0.200. The second kappa shape index (κ2) is 5.42. The van der Waals surface area contributed by atoms with Crippen LogP contribution in [-0.2, 0) is 0 Å². The first-order chi connectivity index (χ1) is 8.51. The molecule has 0 saturated heterocycles. The molecule has 9 heteroatoms. The molecule has 0 heterocycles. The van der Waals surface area contributed by atoms with Crippen molar-refractivity contribution in [1.29, 1.82) is 0 Å². The summed E-state index contributed by atoms with van der Waals surface area (Å²) in [6, 6.07) is 3.44. The molecule has 0 aliphatic heterocycles. The monoisotopic (exact) mass is 319 g/mol. The van der Waals surface area contributed by atoms with Crippen LogP contribution in [0.4, 0.5) is 22.0 Å². The molecule has 0 saturated carbocycles. The number of benzene rings is 1. The molecule has 1 aromatic carbocycles. The number of carbonyl (C=O) groups is 1. The summed E-state index contributed by atoms with van der Waals surface area (Å²) < 4.78 is 63.3. The van der Waals surface area contributed by atoms with Crippen LogP contribution in [0.1, 0.15) is 10.4 Å². The zero-order valence-corrected chi connectivity index (χ0v) is 10.3. The molecule has 19 heavy (non-hydrogen) atoms. The van der Waals surface area contributed by atoms with Crippen LogP contribution in [0, 0.1) is 5.82 Å². The third-order valence-corrected chi connectivity index (χ3v) is 2.20. The van der Waals surface area contributed by atoms with Gasteiger partial charge in [-0.2, -0.15) is 17.6 Å². The Bertz CT molecular complexity index is 488. The van der Waals surface area contributed by atoms with E-state index in [1.54, 1.807) is 0 Å². The van der Waals surface area contributed by atoms with E-state index in [1.165, 1.54) is 0 Å². The molecule has 1 amide bonds. The summed E-state index contributed by atoms with van der Waals surface area (Å²) in [7, 11) is 0. The molecule has 104 valence electrons. The Balaban J connectivity index is 3.17. The molecule has 0 spiro atoms. The van der Waals surface area contributed by atoms with Crippen LogP contribution in [0.25, 0.3) is 0 Å². The maximum atomic E-state index is 12.7. The van der Waals surface area contributed by atoms with Crippen LogP contribution >= 0.6 is 23.2 Å². The first-order valence-electron chi connectivity index (χ1n) is 4.55. The van der Waals surface area contributed by atoms with E-state index in [4.69, 9.17) is 0 Å². The Labute approximate surface area is 113 Å². The smallest absolute Gasteiger partial charge is 0.267 e. The molecule has 0 aliphatic rings. The van der Waals surface area contributed by atoms with Crippen molar-refractivity contribution in [2.24, 2.45) is 4.99 Å². The maximum Gasteiger partial charge on any atom is 0.368 e. The zero-order chi connectivity index (χ0) is 14.8. The zero-order valence-electron chi connectivity index (χ0n) is 8.81. The van der Waals surface area contributed by atoms with Gasteiger partial charge in [-0.05, 0) is 47.5 Å². The molecule has 0 aliphatic carbocycles. The number of hydrogen-bond donors (Lipinski definition) is 0. The van der Waals surface area contributed by atoms with Gasteiger partial charge in [-0.15, -0.1) is 0 Å². The van der Waals surface area contributed by atoms with E-state index >= 15 is 0 Å². The number of rotatable bonds is 3. The summed E-state index contributed by atoms with van der Waals surface area (Å²) >= 11 is 8.80. The summed E-state index contributed by atoms with van der Waals surface area (Å²) in [4.78, 5) is 13.9. The molecule has 0 radical (unpaired) electrons. The Hall–Kier alpha value is -1.21. The number of nitrogens with zero attached hydrogens (tertiary/aromatic N) is 1. The van der Waals surface area contributed by atoms with Crippen molar-refractivity contribution in [2.45, 2.75) is 10.8 Å². The predicted octanol–water partition coefficient (Wildman–Crippen LogP) is 4.07. The lowest BCUT2D eigenvalue weighted by molar-refractivity contribution is 0.0958. The van der Waals surface area contributed by atoms with E-state index in [2.05, 4.69) is 28.2 Å². The quantitative estimate of drug-likeness (QED) is 0.469. The van der Waals surface area contributed by atoms with E-state index in [0.29, 0.717) is 0 Å². The van der Waals surface area contributed by atoms with Crippen LogP contribution in [0.2, 0.25) is 0 Å². The van der Waals surface area contributed by atoms with Gasteiger partial charge in [0.1, 0.15) is 5.82 Å². The summed E-state index contributed by atoms with van der Waals surface area (Å²) in [5.41, 5.74) is -2.67. The van der Waals surface area contributed by atoms with E-state index in [0.717, 1.165) is 24.3 Å². The Kier molecular flexibility index (Phi) is 4.52. The predicted molar refractivity (Wildman–Crippen MR) is 59.8 cm³/mol. The number of aliphatic imine (C=N–C) groups is 1. The van der Waals surface area contributed by atoms with Gasteiger partial charge >= 0.3 is 10.8 Å². The number of alkyl halides is 6. The highest BCUT2D eigenvalue weighted by atomic mass is 35.5. The van der Waals surface area contributed by atoms with Gasteiger partial charge < -0.3 is 0 Å². The molecule has 0 unspecified atom stereocenters. The van der Waals surface area contributed by atoms with Gasteiger partial charge in [0.2, 0.25) is 0 Å². The summed E-state index contributed by atoms with van der Waals surface area (Å²) in [5, 5.41) is -9.19. The lowest BCUT2D eigenvalue weighted by Crippen LogP contribution is -2.36. The third-order valence-electron chi connectivity index (χ3n) is 1.84. The Morgan fingerprint density at radius 3 is 1.79 bits per heavy atom. The Morgan fingerprint density at radius 2 is 1.42 bits per heavy atom. The van der Waals surface area contributed by atoms with Gasteiger partial charge in [0.05, 0.1) is 0 Å². The highest BCUT2D eigenvalue weighted by Gasteiger charge is 2.49. The summed E-state index contributed by atoms with van der Waals surface area (Å²) in [5.74, 6) is -2.15. The topological polar surface area (TPSA) is 29.4 Å². The number of carbonyl (C=O) groups excluding carboxylic acids is 1. The molecular formula is C10H4Cl2F5NO. The fourth-order valence-corrected chi connectivity index (χ4v) is 1.42. The van der Waals surface area contributed by atoms with Gasteiger partial charge in [-0.25, -0.2) is 9.38 Å². The first-order valence-corrected chi connectivity index (χ1v) is 5.30. The third kappa shape index (κ3) is 4.43. The summed E-state index contributed by atoms with van der Waals surface area (Å²) in [6.07, 6.45) is 0. The van der Waals surface area contributed by atoms with Crippen molar-refractivity contribution in [3.05, 3.63) is 35.6 Å². The van der Waals surface area contributed by atoms with E-state index in [-0.39, 0.29) is 5.56 Å². The molecule has 1 rings (SSSR count). The van der Waals surface area contributed by atoms with Crippen LogP contribution in [0.3, 0.4) is 0 Å². The van der Waals surface area contributed by atoms with Crippen molar-refractivity contribution in [1.82, 2.24) is 0 Å². The van der Waals surface area contributed by atoms with Gasteiger partial charge in [0.15, 0.2) is 5.71 Å². The van der Waals surface area contributed by atoms with Gasteiger partial charge in [-0.1, -0.05) is 0 Å². The van der Waals surface area contributed by atoms with Crippen LogP contribution in [0.15, 0.2) is 29.3 Å². The van der Waals surface area contributed by atoms with E-state index < -0.39 is 28.2 Å². The van der Waals surface area contributed by atoms with E-state index in [1.807, 2.05) is 0 Å². The van der Waals surface area contributed by atoms with E-state index in [9.17, 15) is 26.7 Å². The number of amides is 1. The minimum Gasteiger partial charge on any atom is -0.267 e. The second-order valence-corrected chi connectivity index (χ2v) is 4.22. The maximum absolute atomic E-state index is 12.7. The number of halogens is 7. The van der Waals surface area contributed by atoms with Crippen molar-refractivity contribution in [3.8, 4) is 0 Å². The summed E-state index contributed by atoms with van der Waals surface area (Å²) in [6.45, 7) is 0. The standard InChI is InChI=1S/C10H4Cl2F5NO/c11-9(14,15)8(10(12,16)17)18-7(19)5-1-3-6(13)4-2-5/h1-4H. The van der Waals surface area contributed by atoms with Gasteiger partial charge in [-0.3, -0.25) is 4.79 Å². The molecule has 0 N–H and O–H groups in total. The molecule has 0 fully saturated rings. The first kappa shape index (κ1) is 15.8. The molecule has 0 bridgehead atoms. The lowest BCUT2D eigenvalue weighted by Gasteiger charge is -2.15. The average Bonchev–Trinajstić information content (AvgIpc) is 2.23. The van der Waals surface area contributed by atoms with Crippen LogP contribution in [-0.4, -0.2) is 22.4 Å². The van der Waals surface area contributed by atoms with Gasteiger partial charge in [0.25, 0.3) is 5.91 Å². The highest BCUT2D eigenvalue weighted by molar-refractivity contribution is 6.44. The van der Waals surface area contributed by atoms with Gasteiger partial charge in [0, 0.05) is 5.56 Å². The minimum atomic E-state index is -4.60. The second-order valence-electron chi connectivity index (χ2n) is 3.27. The largest absolute Gasteiger partial charge is 0.368 e. The van der Waals surface area contributed by atoms with Crippen molar-refractivity contribution in [3.63, 3.8) is 0 Å². The van der Waals surface area contributed by atoms with Crippen LogP contribution in [0.5, 0.6) is 0 Å². The SMILES string of the molecule is O=C(N=C(C(F)(F)Cl)C(F)(F)Cl)c1ccc(F)cc1. The molecule has 0 aromatic heterocycles. The average molecular weight is 320 g/mol. The number of hydrogen-bond acceptors (Lipinski definition) is 1. The molecular weight excluding hydrogens is 316 g/mol. The lowest BCUT2D eigenvalue weighted by atomic mass is 10.2.